The van der Waals surface area contributed by atoms with Crippen LogP contribution < -0.4 is 0 Å². The van der Waals surface area contributed by atoms with Crippen LogP contribution in [0.2, 0.25) is 0 Å². The number of benzene rings is 1. The Labute approximate surface area is 120 Å². The first-order chi connectivity index (χ1) is 9.15. The first kappa shape index (κ1) is 13.1. The van der Waals surface area contributed by atoms with E-state index >= 15 is 0 Å². The van der Waals surface area contributed by atoms with Crippen molar-refractivity contribution in [1.82, 2.24) is 9.80 Å². The van der Waals surface area contributed by atoms with Gasteiger partial charge >= 0.3 is 0 Å². The zero-order valence-electron chi connectivity index (χ0n) is 10.6. The number of piperazine rings is 1. The zero-order chi connectivity index (χ0) is 13.4. The Balaban J connectivity index is 1.78. The topological polar surface area (TPSA) is 23.6 Å². The first-order valence-corrected chi connectivity index (χ1v) is 7.43. The molecule has 0 aliphatic carbocycles. The van der Waals surface area contributed by atoms with Gasteiger partial charge in [0, 0.05) is 30.1 Å². The van der Waals surface area contributed by atoms with Gasteiger partial charge in [-0.1, -0.05) is 0 Å². The maximum Gasteiger partial charge on any atom is 0.255 e. The van der Waals surface area contributed by atoms with Crippen LogP contribution in [0.25, 0.3) is 0 Å². The van der Waals surface area contributed by atoms with E-state index in [1.54, 1.807) is 6.07 Å². The van der Waals surface area contributed by atoms with Crippen LogP contribution in [0.1, 0.15) is 23.2 Å². The van der Waals surface area contributed by atoms with E-state index in [1.807, 2.05) is 4.90 Å². The first-order valence-electron chi connectivity index (χ1n) is 6.63. The maximum atomic E-state index is 13.3. The van der Waals surface area contributed by atoms with Crippen molar-refractivity contribution < 1.29 is 9.18 Å². The number of rotatable bonds is 1. The molecule has 2 saturated heterocycles. The number of carbonyl (C=O) groups is 1. The summed E-state index contributed by atoms with van der Waals surface area (Å²) >= 11 is 3.33. The Morgan fingerprint density at radius 3 is 3.00 bits per heavy atom. The number of amides is 1. The van der Waals surface area contributed by atoms with Gasteiger partial charge in [-0.25, -0.2) is 4.39 Å². The molecule has 2 fully saturated rings. The summed E-state index contributed by atoms with van der Waals surface area (Å²) in [6, 6.07) is 4.75. The minimum atomic E-state index is -0.369. The molecule has 1 atom stereocenters. The molecule has 1 aromatic carbocycles. The SMILES string of the molecule is O=C(c1cc(F)ccc1Br)N1CCN2CCCC2C1. The molecule has 19 heavy (non-hydrogen) atoms. The summed E-state index contributed by atoms with van der Waals surface area (Å²) in [5, 5.41) is 0. The van der Waals surface area contributed by atoms with Gasteiger partial charge in [0.15, 0.2) is 0 Å². The van der Waals surface area contributed by atoms with E-state index in [2.05, 4.69) is 20.8 Å². The van der Waals surface area contributed by atoms with Crippen molar-refractivity contribution in [3.8, 4) is 0 Å². The molecule has 1 amide bonds. The summed E-state index contributed by atoms with van der Waals surface area (Å²) in [6.45, 7) is 3.58. The van der Waals surface area contributed by atoms with Gasteiger partial charge in [-0.05, 0) is 53.5 Å². The van der Waals surface area contributed by atoms with Gasteiger partial charge in [0.05, 0.1) is 5.56 Å². The fourth-order valence-electron chi connectivity index (χ4n) is 3.01. The summed E-state index contributed by atoms with van der Waals surface area (Å²) in [6.07, 6.45) is 2.38. The number of carbonyl (C=O) groups excluding carboxylic acids is 1. The minimum Gasteiger partial charge on any atom is -0.336 e. The van der Waals surface area contributed by atoms with Crippen LogP contribution in [0.5, 0.6) is 0 Å². The number of halogens is 2. The molecule has 0 N–H and O–H groups in total. The van der Waals surface area contributed by atoms with E-state index in [9.17, 15) is 9.18 Å². The summed E-state index contributed by atoms with van der Waals surface area (Å²) in [5.41, 5.74) is 0.423. The average Bonchev–Trinajstić information content (AvgIpc) is 2.88. The lowest BCUT2D eigenvalue weighted by atomic mass is 10.1. The van der Waals surface area contributed by atoms with Crippen LogP contribution in [0.4, 0.5) is 4.39 Å². The lowest BCUT2D eigenvalue weighted by Crippen LogP contribution is -2.52. The van der Waals surface area contributed by atoms with Gasteiger partial charge in [0.1, 0.15) is 5.82 Å². The Kier molecular flexibility index (Phi) is 3.58. The predicted molar refractivity (Wildman–Crippen MR) is 74.6 cm³/mol. The van der Waals surface area contributed by atoms with Gasteiger partial charge in [0.25, 0.3) is 5.91 Å². The highest BCUT2D eigenvalue weighted by Crippen LogP contribution is 2.25. The normalized spacial score (nSPS) is 23.5. The minimum absolute atomic E-state index is 0.0714. The fraction of sp³-hybridized carbons (Fsp3) is 0.500. The molecule has 0 saturated carbocycles. The van der Waals surface area contributed by atoms with E-state index < -0.39 is 0 Å². The van der Waals surface area contributed by atoms with Gasteiger partial charge in [-0.15, -0.1) is 0 Å². The van der Waals surface area contributed by atoms with Crippen LogP contribution in [-0.4, -0.2) is 47.9 Å². The highest BCUT2D eigenvalue weighted by atomic mass is 79.9. The molecular formula is C14H16BrFN2O. The molecule has 0 aromatic heterocycles. The third-order valence-corrected chi connectivity index (χ3v) is 4.72. The molecule has 102 valence electrons. The van der Waals surface area contributed by atoms with Crippen LogP contribution in [0.15, 0.2) is 22.7 Å². The second-order valence-corrected chi connectivity index (χ2v) is 6.06. The number of fused-ring (bicyclic) bond motifs is 1. The molecule has 0 radical (unpaired) electrons. The average molecular weight is 327 g/mol. The molecule has 1 aromatic rings. The molecular weight excluding hydrogens is 311 g/mol. The van der Waals surface area contributed by atoms with Gasteiger partial charge < -0.3 is 4.90 Å². The van der Waals surface area contributed by atoms with E-state index in [1.165, 1.54) is 18.6 Å². The van der Waals surface area contributed by atoms with Crippen molar-refractivity contribution >= 4 is 21.8 Å². The van der Waals surface area contributed by atoms with Crippen LogP contribution in [0.3, 0.4) is 0 Å². The van der Waals surface area contributed by atoms with Gasteiger partial charge in [-0.2, -0.15) is 0 Å². The largest absolute Gasteiger partial charge is 0.336 e. The zero-order valence-corrected chi connectivity index (χ0v) is 12.2. The standard InChI is InChI=1S/C14H16BrFN2O/c15-13-4-3-10(16)8-12(13)14(19)18-7-6-17-5-1-2-11(17)9-18/h3-4,8,11H,1-2,5-7,9H2. The Hall–Kier alpha value is -0.940. The molecule has 3 nitrogen and oxygen atoms in total. The number of hydrogen-bond donors (Lipinski definition) is 0. The second-order valence-electron chi connectivity index (χ2n) is 5.21. The third-order valence-electron chi connectivity index (χ3n) is 4.03. The Bertz CT molecular complexity index is 508. The fourth-order valence-corrected chi connectivity index (χ4v) is 3.42. The van der Waals surface area contributed by atoms with Crippen molar-refractivity contribution in [2.45, 2.75) is 18.9 Å². The van der Waals surface area contributed by atoms with Crippen LogP contribution in [0, 0.1) is 5.82 Å². The maximum absolute atomic E-state index is 13.3. The lowest BCUT2D eigenvalue weighted by molar-refractivity contribution is 0.0570. The Morgan fingerprint density at radius 2 is 2.16 bits per heavy atom. The van der Waals surface area contributed by atoms with E-state index in [4.69, 9.17) is 0 Å². The smallest absolute Gasteiger partial charge is 0.255 e. The third kappa shape index (κ3) is 2.54. The van der Waals surface area contributed by atoms with Crippen molar-refractivity contribution in [3.05, 3.63) is 34.1 Å². The predicted octanol–water partition coefficient (Wildman–Crippen LogP) is 2.51. The van der Waals surface area contributed by atoms with E-state index in [-0.39, 0.29) is 11.7 Å². The second kappa shape index (κ2) is 5.21. The van der Waals surface area contributed by atoms with Crippen molar-refractivity contribution in [3.63, 3.8) is 0 Å². The summed E-state index contributed by atoms with van der Waals surface area (Å²) in [7, 11) is 0. The van der Waals surface area contributed by atoms with E-state index in [0.29, 0.717) is 16.1 Å². The summed E-state index contributed by atoms with van der Waals surface area (Å²) < 4.78 is 13.9. The number of nitrogens with zero attached hydrogens (tertiary/aromatic N) is 2. The highest BCUT2D eigenvalue weighted by Gasteiger charge is 2.33. The monoisotopic (exact) mass is 326 g/mol. The van der Waals surface area contributed by atoms with Gasteiger partial charge in [0.2, 0.25) is 0 Å². The van der Waals surface area contributed by atoms with Crippen molar-refractivity contribution in [2.75, 3.05) is 26.2 Å². The van der Waals surface area contributed by atoms with Gasteiger partial charge in [-0.3, -0.25) is 9.69 Å². The molecule has 2 aliphatic rings. The molecule has 3 rings (SSSR count). The molecule has 5 heteroatoms. The van der Waals surface area contributed by atoms with E-state index in [0.717, 1.165) is 32.6 Å². The molecule has 2 heterocycles. The highest BCUT2D eigenvalue weighted by molar-refractivity contribution is 9.10. The summed E-state index contributed by atoms with van der Waals surface area (Å²) in [4.78, 5) is 16.8. The Morgan fingerprint density at radius 1 is 1.32 bits per heavy atom. The molecule has 1 unspecified atom stereocenters. The number of hydrogen-bond acceptors (Lipinski definition) is 2. The van der Waals surface area contributed by atoms with Crippen molar-refractivity contribution in [1.29, 1.82) is 0 Å². The van der Waals surface area contributed by atoms with Crippen molar-refractivity contribution in [2.24, 2.45) is 0 Å². The summed E-state index contributed by atoms with van der Waals surface area (Å²) in [5.74, 6) is -0.441. The molecule has 2 aliphatic heterocycles. The lowest BCUT2D eigenvalue weighted by Gasteiger charge is -2.37. The molecule has 0 bridgehead atoms. The quantitative estimate of drug-likeness (QED) is 0.791. The van der Waals surface area contributed by atoms with Crippen LogP contribution >= 0.6 is 15.9 Å². The van der Waals surface area contributed by atoms with Crippen LogP contribution in [-0.2, 0) is 0 Å². The molecule has 0 spiro atoms.